The maximum atomic E-state index is 12.6. The largest absolute Gasteiger partial charge is 0.481 e. The highest BCUT2D eigenvalue weighted by Gasteiger charge is 2.14. The summed E-state index contributed by atoms with van der Waals surface area (Å²) in [4.78, 5) is 23.3. The van der Waals surface area contributed by atoms with E-state index in [0.717, 1.165) is 57.8 Å². The van der Waals surface area contributed by atoms with Crippen molar-refractivity contribution in [1.82, 2.24) is 0 Å². The molecule has 4 nitrogen and oxygen atoms in total. The molecule has 0 aliphatic carbocycles. The number of esters is 1. The second kappa shape index (κ2) is 35.4. The van der Waals surface area contributed by atoms with Crippen molar-refractivity contribution in [2.24, 2.45) is 0 Å². The van der Waals surface area contributed by atoms with Gasteiger partial charge in [-0.05, 0) is 38.5 Å². The van der Waals surface area contributed by atoms with Gasteiger partial charge in [-0.2, -0.15) is 0 Å². The van der Waals surface area contributed by atoms with Crippen LogP contribution < -0.4 is 0 Å². The molecule has 43 heavy (non-hydrogen) atoms. The molecule has 0 aliphatic rings. The number of hydrogen-bond acceptors (Lipinski definition) is 3. The quantitative estimate of drug-likeness (QED) is 0.0567. The van der Waals surface area contributed by atoms with Gasteiger partial charge in [-0.15, -0.1) is 0 Å². The molecular weight excluding hydrogens is 532 g/mol. The summed E-state index contributed by atoms with van der Waals surface area (Å²) in [5.41, 5.74) is 0. The zero-order chi connectivity index (χ0) is 31.5. The molecular formula is C39H76O4. The minimum absolute atomic E-state index is 0.00852. The number of carbonyl (C=O) groups is 2. The van der Waals surface area contributed by atoms with E-state index in [0.29, 0.717) is 6.42 Å². The Balaban J connectivity index is 3.76. The number of carbonyl (C=O) groups excluding carboxylic acids is 1. The Morgan fingerprint density at radius 2 is 0.698 bits per heavy atom. The molecule has 1 atom stereocenters. The van der Waals surface area contributed by atoms with Gasteiger partial charge in [0, 0.05) is 12.8 Å². The van der Waals surface area contributed by atoms with Crippen LogP contribution in [0, 0.1) is 0 Å². The first kappa shape index (κ1) is 41.9. The number of rotatable bonds is 36. The zero-order valence-electron chi connectivity index (χ0n) is 29.3. The van der Waals surface area contributed by atoms with Crippen LogP contribution in [0.15, 0.2) is 0 Å². The Morgan fingerprint density at radius 3 is 1.02 bits per heavy atom. The SMILES string of the molecule is CCCCCCCCCCCCCCCCCCCCCC(=O)OC(CCCCCCCCC)CCCCCCC(=O)O. The van der Waals surface area contributed by atoms with Crippen LogP contribution in [0.3, 0.4) is 0 Å². The second-order valence-corrected chi connectivity index (χ2v) is 13.5. The maximum Gasteiger partial charge on any atom is 0.306 e. The minimum atomic E-state index is -0.708. The highest BCUT2D eigenvalue weighted by molar-refractivity contribution is 5.69. The van der Waals surface area contributed by atoms with Crippen molar-refractivity contribution in [2.75, 3.05) is 0 Å². The third-order valence-corrected chi connectivity index (χ3v) is 9.08. The predicted molar refractivity (Wildman–Crippen MR) is 186 cm³/mol. The smallest absolute Gasteiger partial charge is 0.306 e. The summed E-state index contributed by atoms with van der Waals surface area (Å²) in [5.74, 6) is -0.716. The summed E-state index contributed by atoms with van der Waals surface area (Å²) in [6.45, 7) is 4.54. The van der Waals surface area contributed by atoms with Gasteiger partial charge >= 0.3 is 11.9 Å². The van der Waals surface area contributed by atoms with Gasteiger partial charge in [0.2, 0.25) is 0 Å². The lowest BCUT2D eigenvalue weighted by molar-refractivity contribution is -0.150. The lowest BCUT2D eigenvalue weighted by Gasteiger charge is -2.18. The topological polar surface area (TPSA) is 63.6 Å². The molecule has 256 valence electrons. The fraction of sp³-hybridized carbons (Fsp3) is 0.949. The van der Waals surface area contributed by atoms with E-state index in [4.69, 9.17) is 9.84 Å². The molecule has 0 aromatic carbocycles. The molecule has 0 saturated carbocycles. The standard InChI is InChI=1S/C39H76O4/c1-3-5-7-9-11-12-13-14-15-16-17-18-19-20-21-22-24-26-32-36-39(42)43-37(33-29-25-23-10-8-6-4-2)34-30-27-28-31-35-38(40)41/h37H,3-36H2,1-2H3,(H,40,41). The first-order chi connectivity index (χ1) is 21.1. The fourth-order valence-electron chi connectivity index (χ4n) is 6.19. The number of aliphatic carboxylic acids is 1. The molecule has 0 spiro atoms. The Kier molecular flexibility index (Phi) is 34.5. The molecule has 0 amide bonds. The van der Waals surface area contributed by atoms with Crippen molar-refractivity contribution in [3.8, 4) is 0 Å². The normalized spacial score (nSPS) is 12.0. The molecule has 0 aliphatic heterocycles. The molecule has 4 heteroatoms. The van der Waals surface area contributed by atoms with Gasteiger partial charge in [-0.1, -0.05) is 181 Å². The second-order valence-electron chi connectivity index (χ2n) is 13.5. The molecule has 0 saturated heterocycles. The fourth-order valence-corrected chi connectivity index (χ4v) is 6.19. The van der Waals surface area contributed by atoms with E-state index < -0.39 is 5.97 Å². The third kappa shape index (κ3) is 35.3. The molecule has 0 fully saturated rings. The van der Waals surface area contributed by atoms with Gasteiger partial charge in [0.1, 0.15) is 6.10 Å². The molecule has 0 aromatic rings. The van der Waals surface area contributed by atoms with Crippen LogP contribution in [-0.4, -0.2) is 23.1 Å². The van der Waals surface area contributed by atoms with E-state index in [1.165, 1.54) is 148 Å². The summed E-state index contributed by atoms with van der Waals surface area (Å²) >= 11 is 0. The highest BCUT2D eigenvalue weighted by atomic mass is 16.5. The summed E-state index contributed by atoms with van der Waals surface area (Å²) in [6.07, 6.45) is 41.3. The average Bonchev–Trinajstić information content (AvgIpc) is 2.99. The van der Waals surface area contributed by atoms with Crippen molar-refractivity contribution >= 4 is 11.9 Å². The van der Waals surface area contributed by atoms with Gasteiger partial charge in [-0.25, -0.2) is 0 Å². The molecule has 0 radical (unpaired) electrons. The van der Waals surface area contributed by atoms with Crippen molar-refractivity contribution in [3.63, 3.8) is 0 Å². The number of carboxylic acid groups (broad SMARTS) is 1. The number of unbranched alkanes of at least 4 members (excludes halogenated alkanes) is 27. The van der Waals surface area contributed by atoms with E-state index in [-0.39, 0.29) is 18.5 Å². The molecule has 1 unspecified atom stereocenters. The monoisotopic (exact) mass is 609 g/mol. The molecule has 0 rings (SSSR count). The van der Waals surface area contributed by atoms with E-state index >= 15 is 0 Å². The van der Waals surface area contributed by atoms with Gasteiger partial charge in [-0.3, -0.25) is 9.59 Å². The van der Waals surface area contributed by atoms with Crippen LogP contribution in [0.2, 0.25) is 0 Å². The zero-order valence-corrected chi connectivity index (χ0v) is 29.3. The first-order valence-corrected chi connectivity index (χ1v) is 19.5. The van der Waals surface area contributed by atoms with Crippen molar-refractivity contribution < 1.29 is 19.4 Å². The number of ether oxygens (including phenoxy) is 1. The summed E-state index contributed by atoms with van der Waals surface area (Å²) in [7, 11) is 0. The van der Waals surface area contributed by atoms with Crippen LogP contribution in [0.5, 0.6) is 0 Å². The Bertz CT molecular complexity index is 576. The Labute approximate surface area is 269 Å². The number of carboxylic acids is 1. The first-order valence-electron chi connectivity index (χ1n) is 19.5. The van der Waals surface area contributed by atoms with Crippen LogP contribution >= 0.6 is 0 Å². The molecule has 0 aromatic heterocycles. The highest BCUT2D eigenvalue weighted by Crippen LogP contribution is 2.19. The van der Waals surface area contributed by atoms with Crippen molar-refractivity contribution in [2.45, 2.75) is 238 Å². The minimum Gasteiger partial charge on any atom is -0.481 e. The average molecular weight is 609 g/mol. The molecule has 1 N–H and O–H groups in total. The van der Waals surface area contributed by atoms with E-state index in [2.05, 4.69) is 13.8 Å². The molecule has 0 bridgehead atoms. The third-order valence-electron chi connectivity index (χ3n) is 9.08. The van der Waals surface area contributed by atoms with E-state index in [1.807, 2.05) is 0 Å². The summed E-state index contributed by atoms with van der Waals surface area (Å²) in [5, 5.41) is 8.81. The maximum absolute atomic E-state index is 12.6. The van der Waals surface area contributed by atoms with Crippen LogP contribution in [0.4, 0.5) is 0 Å². The summed E-state index contributed by atoms with van der Waals surface area (Å²) < 4.78 is 5.94. The predicted octanol–water partition coefficient (Wildman–Crippen LogP) is 13.3. The van der Waals surface area contributed by atoms with Gasteiger partial charge in [0.25, 0.3) is 0 Å². The Morgan fingerprint density at radius 1 is 0.419 bits per heavy atom. The van der Waals surface area contributed by atoms with Crippen LogP contribution in [0.1, 0.15) is 232 Å². The number of hydrogen-bond donors (Lipinski definition) is 1. The lowest BCUT2D eigenvalue weighted by atomic mass is 10.0. The van der Waals surface area contributed by atoms with Crippen LogP contribution in [0.25, 0.3) is 0 Å². The molecule has 0 heterocycles. The van der Waals surface area contributed by atoms with Crippen molar-refractivity contribution in [1.29, 1.82) is 0 Å². The lowest BCUT2D eigenvalue weighted by Crippen LogP contribution is -2.18. The van der Waals surface area contributed by atoms with Gasteiger partial charge in [0.15, 0.2) is 0 Å². The van der Waals surface area contributed by atoms with E-state index in [1.54, 1.807) is 0 Å². The van der Waals surface area contributed by atoms with Crippen LogP contribution in [-0.2, 0) is 14.3 Å². The van der Waals surface area contributed by atoms with Gasteiger partial charge < -0.3 is 9.84 Å². The van der Waals surface area contributed by atoms with Gasteiger partial charge in [0.05, 0.1) is 0 Å². The van der Waals surface area contributed by atoms with Crippen molar-refractivity contribution in [3.05, 3.63) is 0 Å². The summed E-state index contributed by atoms with van der Waals surface area (Å²) in [6, 6.07) is 0. The van der Waals surface area contributed by atoms with E-state index in [9.17, 15) is 9.59 Å². The Hall–Kier alpha value is -1.06.